The second-order valence-electron chi connectivity index (χ2n) is 5.71. The zero-order chi connectivity index (χ0) is 20.7. The third-order valence-electron chi connectivity index (χ3n) is 3.71. The summed E-state index contributed by atoms with van der Waals surface area (Å²) in [7, 11) is -2.22. The summed E-state index contributed by atoms with van der Waals surface area (Å²) in [5.41, 5.74) is 1.11. The SMILES string of the molecule is COc1ccc(C(=O)OCC(=O)NCCc2ccc(S(N)(=O)=O)cc2)cc1Br. The van der Waals surface area contributed by atoms with E-state index >= 15 is 0 Å². The maximum Gasteiger partial charge on any atom is 0.338 e. The molecule has 0 unspecified atom stereocenters. The highest BCUT2D eigenvalue weighted by Gasteiger charge is 2.12. The van der Waals surface area contributed by atoms with Crippen LogP contribution in [0.2, 0.25) is 0 Å². The fourth-order valence-electron chi connectivity index (χ4n) is 2.25. The smallest absolute Gasteiger partial charge is 0.338 e. The van der Waals surface area contributed by atoms with Gasteiger partial charge in [-0.25, -0.2) is 18.4 Å². The van der Waals surface area contributed by atoms with Gasteiger partial charge in [0.1, 0.15) is 5.75 Å². The molecule has 0 heterocycles. The van der Waals surface area contributed by atoms with Crippen molar-refractivity contribution in [3.8, 4) is 5.75 Å². The first-order valence-corrected chi connectivity index (χ1v) is 10.4. The molecule has 0 bridgehead atoms. The zero-order valence-corrected chi connectivity index (χ0v) is 17.4. The molecule has 0 saturated heterocycles. The number of nitrogens with two attached hydrogens (primary N) is 1. The van der Waals surface area contributed by atoms with Crippen LogP contribution in [0.5, 0.6) is 5.75 Å². The lowest BCUT2D eigenvalue weighted by Gasteiger charge is -2.08. The summed E-state index contributed by atoms with van der Waals surface area (Å²) in [6.45, 7) is -0.105. The van der Waals surface area contributed by atoms with Gasteiger partial charge in [-0.05, 0) is 58.2 Å². The predicted molar refractivity (Wildman–Crippen MR) is 106 cm³/mol. The number of methoxy groups -OCH3 is 1. The average Bonchev–Trinajstić information content (AvgIpc) is 2.65. The van der Waals surface area contributed by atoms with Crippen LogP contribution in [0.4, 0.5) is 0 Å². The topological polar surface area (TPSA) is 125 Å². The Morgan fingerprint density at radius 3 is 2.39 bits per heavy atom. The first-order valence-electron chi connectivity index (χ1n) is 8.10. The second-order valence-corrected chi connectivity index (χ2v) is 8.13. The molecule has 0 aromatic heterocycles. The first-order chi connectivity index (χ1) is 13.2. The summed E-state index contributed by atoms with van der Waals surface area (Å²) in [5.74, 6) is -0.495. The fourth-order valence-corrected chi connectivity index (χ4v) is 3.31. The molecule has 0 aliphatic rings. The quantitative estimate of drug-likeness (QED) is 0.564. The van der Waals surface area contributed by atoms with Crippen molar-refractivity contribution in [1.29, 1.82) is 0 Å². The van der Waals surface area contributed by atoms with Gasteiger partial charge in [-0.15, -0.1) is 0 Å². The number of sulfonamides is 1. The highest BCUT2D eigenvalue weighted by molar-refractivity contribution is 9.10. The third-order valence-corrected chi connectivity index (χ3v) is 5.26. The van der Waals surface area contributed by atoms with Crippen molar-refractivity contribution in [1.82, 2.24) is 5.32 Å². The normalized spacial score (nSPS) is 11.0. The van der Waals surface area contributed by atoms with E-state index in [1.807, 2.05) is 0 Å². The Bertz CT molecular complexity index is 961. The number of carbonyl (C=O) groups is 2. The van der Waals surface area contributed by atoms with Crippen LogP contribution < -0.4 is 15.2 Å². The van der Waals surface area contributed by atoms with Gasteiger partial charge >= 0.3 is 5.97 Å². The molecule has 2 aromatic rings. The highest BCUT2D eigenvalue weighted by atomic mass is 79.9. The molecule has 0 atom stereocenters. The van der Waals surface area contributed by atoms with E-state index in [0.29, 0.717) is 23.2 Å². The Balaban J connectivity index is 1.77. The molecule has 0 aliphatic carbocycles. The van der Waals surface area contributed by atoms with Crippen molar-refractivity contribution in [2.45, 2.75) is 11.3 Å². The van der Waals surface area contributed by atoms with Gasteiger partial charge in [0.15, 0.2) is 6.61 Å². The molecule has 0 spiro atoms. The molecule has 28 heavy (non-hydrogen) atoms. The highest BCUT2D eigenvalue weighted by Crippen LogP contribution is 2.25. The molecule has 3 N–H and O–H groups in total. The van der Waals surface area contributed by atoms with Crippen LogP contribution >= 0.6 is 15.9 Å². The van der Waals surface area contributed by atoms with Gasteiger partial charge in [0.05, 0.1) is 22.0 Å². The van der Waals surface area contributed by atoms with Crippen molar-refractivity contribution in [3.05, 3.63) is 58.1 Å². The fraction of sp³-hybridized carbons (Fsp3) is 0.222. The summed E-state index contributed by atoms with van der Waals surface area (Å²) >= 11 is 3.27. The number of rotatable bonds is 8. The zero-order valence-electron chi connectivity index (χ0n) is 15.0. The van der Waals surface area contributed by atoms with E-state index in [4.69, 9.17) is 14.6 Å². The summed E-state index contributed by atoms with van der Waals surface area (Å²) in [6, 6.07) is 10.7. The Morgan fingerprint density at radius 2 is 1.82 bits per heavy atom. The number of halogens is 1. The number of primary sulfonamides is 1. The number of hydrogen-bond acceptors (Lipinski definition) is 6. The lowest BCUT2D eigenvalue weighted by Crippen LogP contribution is -2.30. The van der Waals surface area contributed by atoms with Crippen LogP contribution in [0.15, 0.2) is 51.8 Å². The number of esters is 1. The van der Waals surface area contributed by atoms with Crippen LogP contribution in [0.3, 0.4) is 0 Å². The standard InChI is InChI=1S/C18H19BrN2O6S/c1-26-16-7-4-13(10-15(16)19)18(23)27-11-17(22)21-9-8-12-2-5-14(6-3-12)28(20,24)25/h2-7,10H,8-9,11H2,1H3,(H,21,22)(H2,20,24,25). The Labute approximate surface area is 171 Å². The maximum absolute atomic E-state index is 12.0. The summed E-state index contributed by atoms with van der Waals surface area (Å²) in [6.07, 6.45) is 0.482. The molecule has 150 valence electrons. The molecule has 0 saturated carbocycles. The molecule has 2 rings (SSSR count). The lowest BCUT2D eigenvalue weighted by molar-refractivity contribution is -0.124. The number of benzene rings is 2. The van der Waals surface area contributed by atoms with E-state index in [9.17, 15) is 18.0 Å². The monoisotopic (exact) mass is 470 g/mol. The molecule has 8 nitrogen and oxygen atoms in total. The van der Waals surface area contributed by atoms with Crippen molar-refractivity contribution in [2.24, 2.45) is 5.14 Å². The summed E-state index contributed by atoms with van der Waals surface area (Å²) in [4.78, 5) is 23.8. The number of carbonyl (C=O) groups excluding carboxylic acids is 2. The van der Waals surface area contributed by atoms with Gasteiger partial charge in [0.25, 0.3) is 5.91 Å². The van der Waals surface area contributed by atoms with Crippen molar-refractivity contribution >= 4 is 37.8 Å². The minimum Gasteiger partial charge on any atom is -0.496 e. The Morgan fingerprint density at radius 1 is 1.14 bits per heavy atom. The van der Waals surface area contributed by atoms with Crippen molar-refractivity contribution in [3.63, 3.8) is 0 Å². The molecular formula is C18H19BrN2O6S. The lowest BCUT2D eigenvalue weighted by atomic mass is 10.1. The van der Waals surface area contributed by atoms with Gasteiger partial charge < -0.3 is 14.8 Å². The van der Waals surface area contributed by atoms with E-state index < -0.39 is 28.5 Å². The van der Waals surface area contributed by atoms with Gasteiger partial charge in [0, 0.05) is 6.54 Å². The number of nitrogens with one attached hydrogen (secondary N) is 1. The third kappa shape index (κ3) is 6.32. The van der Waals surface area contributed by atoms with Crippen LogP contribution in [-0.2, 0) is 26.0 Å². The molecule has 1 amide bonds. The molecule has 10 heteroatoms. The first kappa shape index (κ1) is 21.9. The molecular weight excluding hydrogens is 452 g/mol. The van der Waals surface area contributed by atoms with Crippen LogP contribution in [0, 0.1) is 0 Å². The molecule has 0 aliphatic heterocycles. The number of hydrogen-bond donors (Lipinski definition) is 2. The molecule has 0 radical (unpaired) electrons. The number of ether oxygens (including phenoxy) is 2. The van der Waals surface area contributed by atoms with Crippen LogP contribution in [-0.4, -0.2) is 40.6 Å². The summed E-state index contributed by atoms with van der Waals surface area (Å²) < 4.78 is 33.1. The largest absolute Gasteiger partial charge is 0.496 e. The van der Waals surface area contributed by atoms with Crippen LogP contribution in [0.25, 0.3) is 0 Å². The number of amides is 1. The van der Waals surface area contributed by atoms with Gasteiger partial charge in [-0.3, -0.25) is 4.79 Å². The summed E-state index contributed by atoms with van der Waals surface area (Å²) in [5, 5.41) is 7.66. The van der Waals surface area contributed by atoms with E-state index in [2.05, 4.69) is 21.2 Å². The minimum atomic E-state index is -3.73. The maximum atomic E-state index is 12.0. The van der Waals surface area contributed by atoms with Gasteiger partial charge in [-0.2, -0.15) is 0 Å². The minimum absolute atomic E-state index is 0.0253. The predicted octanol–water partition coefficient (Wildman–Crippen LogP) is 1.62. The van der Waals surface area contributed by atoms with Crippen molar-refractivity contribution in [2.75, 3.05) is 20.3 Å². The van der Waals surface area contributed by atoms with E-state index in [-0.39, 0.29) is 10.5 Å². The Kier molecular flexibility index (Phi) is 7.55. The second kappa shape index (κ2) is 9.67. The van der Waals surface area contributed by atoms with E-state index in [0.717, 1.165) is 5.56 Å². The van der Waals surface area contributed by atoms with Gasteiger partial charge in [-0.1, -0.05) is 12.1 Å². The molecule has 2 aromatic carbocycles. The van der Waals surface area contributed by atoms with Crippen molar-refractivity contribution < 1.29 is 27.5 Å². The van der Waals surface area contributed by atoms with Gasteiger partial charge in [0.2, 0.25) is 10.0 Å². The Hall–Kier alpha value is -2.43. The average molecular weight is 471 g/mol. The van der Waals surface area contributed by atoms with E-state index in [1.54, 1.807) is 24.3 Å². The van der Waals surface area contributed by atoms with Crippen LogP contribution in [0.1, 0.15) is 15.9 Å². The van der Waals surface area contributed by atoms with E-state index in [1.165, 1.54) is 25.3 Å². The molecule has 0 fully saturated rings.